The molecule has 0 aromatic heterocycles. The molecule has 0 spiro atoms. The second-order valence-electron chi connectivity index (χ2n) is 5.38. The largest absolute Gasteiger partial charge is 0.315 e. The number of nitrogens with zero attached hydrogens (tertiary/aromatic N) is 1. The van der Waals surface area contributed by atoms with Gasteiger partial charge in [0.15, 0.2) is 0 Å². The zero-order valence-electron chi connectivity index (χ0n) is 11.0. The van der Waals surface area contributed by atoms with Gasteiger partial charge in [-0.1, -0.05) is 29.3 Å². The van der Waals surface area contributed by atoms with Crippen LogP contribution in [-0.2, 0) is 6.54 Å². The highest BCUT2D eigenvalue weighted by atomic mass is 35.5. The van der Waals surface area contributed by atoms with Gasteiger partial charge >= 0.3 is 0 Å². The maximum Gasteiger partial charge on any atom is 0.143 e. The van der Waals surface area contributed by atoms with Crippen molar-refractivity contribution in [3.05, 3.63) is 33.6 Å². The summed E-state index contributed by atoms with van der Waals surface area (Å²) in [5.41, 5.74) is 0.923. The lowest BCUT2D eigenvalue weighted by Gasteiger charge is -2.28. The molecule has 1 N–H and O–H groups in total. The molecule has 112 valence electrons. The first-order valence-corrected chi connectivity index (χ1v) is 7.51. The van der Waals surface area contributed by atoms with Gasteiger partial charge in [0.2, 0.25) is 0 Å². The Labute approximate surface area is 135 Å². The summed E-state index contributed by atoms with van der Waals surface area (Å²) in [5.74, 6) is -0.448. The van der Waals surface area contributed by atoms with Gasteiger partial charge in [-0.25, -0.2) is 4.39 Å². The molecule has 2 atom stereocenters. The van der Waals surface area contributed by atoms with Crippen LogP contribution in [0.2, 0.25) is 10.0 Å². The van der Waals surface area contributed by atoms with Crippen LogP contribution in [0.1, 0.15) is 24.8 Å². The van der Waals surface area contributed by atoms with E-state index in [-0.39, 0.29) is 17.4 Å². The minimum Gasteiger partial charge on any atom is -0.315 e. The van der Waals surface area contributed by atoms with Crippen molar-refractivity contribution in [2.45, 2.75) is 37.9 Å². The van der Waals surface area contributed by atoms with E-state index in [0.717, 1.165) is 25.2 Å². The lowest BCUT2D eigenvalue weighted by atomic mass is 10.1. The number of hydrogen-bond acceptors (Lipinski definition) is 2. The maximum atomic E-state index is 13.3. The van der Waals surface area contributed by atoms with Crippen molar-refractivity contribution >= 4 is 35.6 Å². The number of nitrogens with one attached hydrogen (secondary N) is 1. The monoisotopic (exact) mass is 338 g/mol. The molecular formula is C14H18Cl3FN2. The van der Waals surface area contributed by atoms with E-state index >= 15 is 0 Å². The summed E-state index contributed by atoms with van der Waals surface area (Å²) >= 11 is 12.0. The fourth-order valence-corrected chi connectivity index (χ4v) is 3.62. The van der Waals surface area contributed by atoms with Crippen molar-refractivity contribution in [3.8, 4) is 0 Å². The molecule has 2 nitrogen and oxygen atoms in total. The van der Waals surface area contributed by atoms with Crippen molar-refractivity contribution in [1.29, 1.82) is 0 Å². The standard InChI is InChI=1S/C14H17Cl2FN2.ClH/c15-13-9(1-4-12(17)14(13)16)8-19-10-2-3-11(19)7-18-6-5-10;/h1,4,10-11,18H,2-3,5-8H2;1H. The molecule has 6 heteroatoms. The van der Waals surface area contributed by atoms with E-state index in [1.54, 1.807) is 6.07 Å². The first-order chi connectivity index (χ1) is 9.16. The molecular weight excluding hydrogens is 322 g/mol. The summed E-state index contributed by atoms with van der Waals surface area (Å²) in [6, 6.07) is 4.33. The maximum absolute atomic E-state index is 13.3. The molecule has 0 radical (unpaired) electrons. The van der Waals surface area contributed by atoms with Crippen LogP contribution in [0.4, 0.5) is 4.39 Å². The van der Waals surface area contributed by atoms with Gasteiger partial charge in [-0.15, -0.1) is 12.4 Å². The molecule has 2 unspecified atom stereocenters. The Kier molecular flexibility index (Phi) is 5.55. The van der Waals surface area contributed by atoms with Crippen LogP contribution in [-0.4, -0.2) is 30.1 Å². The van der Waals surface area contributed by atoms with Gasteiger partial charge in [0.05, 0.1) is 10.0 Å². The SMILES string of the molecule is Cl.Fc1ccc(CN2C3CCNCC2CC3)c(Cl)c1Cl. The van der Waals surface area contributed by atoms with Gasteiger partial charge in [0.25, 0.3) is 0 Å². The molecule has 1 aromatic carbocycles. The fraction of sp³-hybridized carbons (Fsp3) is 0.571. The Morgan fingerprint density at radius 3 is 2.70 bits per heavy atom. The van der Waals surface area contributed by atoms with E-state index in [0.29, 0.717) is 17.1 Å². The fourth-order valence-electron chi connectivity index (χ4n) is 3.22. The first kappa shape index (κ1) is 16.3. The van der Waals surface area contributed by atoms with Crippen LogP contribution < -0.4 is 5.32 Å². The summed E-state index contributed by atoms with van der Waals surface area (Å²) in [7, 11) is 0. The van der Waals surface area contributed by atoms with Gasteiger partial charge in [0.1, 0.15) is 5.82 Å². The molecule has 3 rings (SSSR count). The Morgan fingerprint density at radius 1 is 1.15 bits per heavy atom. The van der Waals surface area contributed by atoms with Crippen LogP contribution >= 0.6 is 35.6 Å². The zero-order valence-corrected chi connectivity index (χ0v) is 13.4. The van der Waals surface area contributed by atoms with Crippen LogP contribution in [0.5, 0.6) is 0 Å². The van der Waals surface area contributed by atoms with Crippen LogP contribution in [0.25, 0.3) is 0 Å². The van der Waals surface area contributed by atoms with Crippen molar-refractivity contribution < 1.29 is 4.39 Å². The highest BCUT2D eigenvalue weighted by Crippen LogP contribution is 2.34. The first-order valence-electron chi connectivity index (χ1n) is 6.75. The Balaban J connectivity index is 0.00000147. The predicted molar refractivity (Wildman–Crippen MR) is 83.5 cm³/mol. The van der Waals surface area contributed by atoms with Crippen molar-refractivity contribution in [2.75, 3.05) is 13.1 Å². The van der Waals surface area contributed by atoms with E-state index in [1.807, 2.05) is 0 Å². The second kappa shape index (κ2) is 6.80. The number of benzene rings is 1. The molecule has 1 aromatic rings. The second-order valence-corrected chi connectivity index (χ2v) is 6.14. The summed E-state index contributed by atoms with van der Waals surface area (Å²) in [6.45, 7) is 2.87. The minimum atomic E-state index is -0.448. The number of hydrogen-bond donors (Lipinski definition) is 1. The molecule has 20 heavy (non-hydrogen) atoms. The molecule has 2 saturated heterocycles. The predicted octanol–water partition coefficient (Wildman–Crippen LogP) is 3.88. The van der Waals surface area contributed by atoms with Gasteiger partial charge in [-0.3, -0.25) is 4.90 Å². The number of halogens is 4. The highest BCUT2D eigenvalue weighted by Gasteiger charge is 2.35. The Morgan fingerprint density at radius 2 is 1.90 bits per heavy atom. The quantitative estimate of drug-likeness (QED) is 0.823. The molecule has 0 amide bonds. The minimum absolute atomic E-state index is 0. The third kappa shape index (κ3) is 3.07. The zero-order chi connectivity index (χ0) is 13.4. The number of fused-ring (bicyclic) bond motifs is 2. The lowest BCUT2D eigenvalue weighted by Crippen LogP contribution is -2.37. The van der Waals surface area contributed by atoms with E-state index in [9.17, 15) is 4.39 Å². The third-order valence-electron chi connectivity index (χ3n) is 4.27. The van der Waals surface area contributed by atoms with E-state index < -0.39 is 5.82 Å². The van der Waals surface area contributed by atoms with Gasteiger partial charge in [0, 0.05) is 25.2 Å². The topological polar surface area (TPSA) is 15.3 Å². The smallest absolute Gasteiger partial charge is 0.143 e. The van der Waals surface area contributed by atoms with Crippen molar-refractivity contribution in [3.63, 3.8) is 0 Å². The summed E-state index contributed by atoms with van der Waals surface area (Å²) < 4.78 is 13.3. The number of rotatable bonds is 2. The molecule has 0 saturated carbocycles. The summed E-state index contributed by atoms with van der Waals surface area (Å²) in [6.07, 6.45) is 3.64. The van der Waals surface area contributed by atoms with Crippen LogP contribution in [0, 0.1) is 5.82 Å². The molecule has 2 fully saturated rings. The lowest BCUT2D eigenvalue weighted by molar-refractivity contribution is 0.193. The average molecular weight is 340 g/mol. The Hall–Kier alpha value is -0.0600. The molecule has 0 aliphatic carbocycles. The highest BCUT2D eigenvalue weighted by molar-refractivity contribution is 6.42. The van der Waals surface area contributed by atoms with E-state index in [4.69, 9.17) is 23.2 Å². The van der Waals surface area contributed by atoms with Gasteiger partial charge in [-0.2, -0.15) is 0 Å². The molecule has 2 aliphatic rings. The van der Waals surface area contributed by atoms with Crippen molar-refractivity contribution in [2.24, 2.45) is 0 Å². The summed E-state index contributed by atoms with van der Waals surface area (Å²) in [5, 5.41) is 3.87. The van der Waals surface area contributed by atoms with Gasteiger partial charge in [-0.05, 0) is 37.4 Å². The average Bonchev–Trinajstić information content (AvgIpc) is 2.63. The normalized spacial score (nSPS) is 26.1. The van der Waals surface area contributed by atoms with Crippen LogP contribution in [0.15, 0.2) is 12.1 Å². The van der Waals surface area contributed by atoms with Gasteiger partial charge < -0.3 is 5.32 Å². The van der Waals surface area contributed by atoms with E-state index in [1.165, 1.54) is 25.3 Å². The third-order valence-corrected chi connectivity index (χ3v) is 5.17. The molecule has 2 bridgehead atoms. The van der Waals surface area contributed by atoms with Crippen LogP contribution in [0.3, 0.4) is 0 Å². The molecule has 2 heterocycles. The van der Waals surface area contributed by atoms with E-state index in [2.05, 4.69) is 10.2 Å². The molecule has 2 aliphatic heterocycles. The summed E-state index contributed by atoms with van der Waals surface area (Å²) in [4.78, 5) is 2.50. The Bertz CT molecular complexity index is 470. The van der Waals surface area contributed by atoms with Crippen molar-refractivity contribution in [1.82, 2.24) is 10.2 Å².